The second kappa shape index (κ2) is 2.68. The average molecular weight is 141 g/mol. The molecule has 0 aliphatic carbocycles. The fourth-order valence-electron chi connectivity index (χ4n) is 0.805. The quantitative estimate of drug-likeness (QED) is 0.633. The Morgan fingerprint density at radius 1 is 1.70 bits per heavy atom. The molecule has 1 aromatic rings. The van der Waals surface area contributed by atoms with E-state index in [9.17, 15) is 4.79 Å². The lowest BCUT2D eigenvalue weighted by Gasteiger charge is -1.85. The normalized spacial score (nSPS) is 10.2. The molecule has 0 aliphatic heterocycles. The topological polar surface area (TPSA) is 50.7 Å². The second-order valence-electron chi connectivity index (χ2n) is 2.25. The zero-order chi connectivity index (χ0) is 7.56. The van der Waals surface area contributed by atoms with Crippen molar-refractivity contribution in [2.24, 2.45) is 7.05 Å². The van der Waals surface area contributed by atoms with E-state index in [0.29, 0.717) is 0 Å². The minimum absolute atomic E-state index is 0.136. The van der Waals surface area contributed by atoms with Crippen molar-refractivity contribution < 1.29 is 0 Å². The molecular weight excluding hydrogens is 130 g/mol. The van der Waals surface area contributed by atoms with E-state index in [1.165, 1.54) is 4.68 Å². The summed E-state index contributed by atoms with van der Waals surface area (Å²) >= 11 is 0. The number of aryl methyl sites for hydroxylation is 2. The van der Waals surface area contributed by atoms with Crippen LogP contribution in [0.2, 0.25) is 0 Å². The van der Waals surface area contributed by atoms with Crippen LogP contribution >= 0.6 is 0 Å². The van der Waals surface area contributed by atoms with Crippen LogP contribution in [0, 0.1) is 0 Å². The summed E-state index contributed by atoms with van der Waals surface area (Å²) in [6.45, 7) is 2.05. The highest BCUT2D eigenvalue weighted by Gasteiger charge is 1.97. The van der Waals surface area contributed by atoms with Crippen LogP contribution in [0.3, 0.4) is 0 Å². The lowest BCUT2D eigenvalue weighted by molar-refractivity contribution is 0.713. The molecule has 0 bridgehead atoms. The summed E-state index contributed by atoms with van der Waals surface area (Å²) in [6.07, 6.45) is 1.85. The van der Waals surface area contributed by atoms with E-state index < -0.39 is 0 Å². The van der Waals surface area contributed by atoms with Crippen molar-refractivity contribution >= 4 is 0 Å². The van der Waals surface area contributed by atoms with Crippen LogP contribution in [0.1, 0.15) is 19.2 Å². The van der Waals surface area contributed by atoms with Gasteiger partial charge in [0.25, 0.3) is 0 Å². The number of nitrogens with zero attached hydrogens (tertiary/aromatic N) is 2. The summed E-state index contributed by atoms with van der Waals surface area (Å²) in [4.78, 5) is 13.4. The van der Waals surface area contributed by atoms with Crippen LogP contribution in [0.5, 0.6) is 0 Å². The number of aromatic nitrogens is 3. The predicted molar refractivity (Wildman–Crippen MR) is 37.8 cm³/mol. The second-order valence-corrected chi connectivity index (χ2v) is 2.25. The van der Waals surface area contributed by atoms with E-state index in [1.807, 2.05) is 6.92 Å². The molecule has 4 nitrogen and oxygen atoms in total. The highest BCUT2D eigenvalue weighted by molar-refractivity contribution is 4.80. The third kappa shape index (κ3) is 1.26. The number of aromatic amines is 1. The summed E-state index contributed by atoms with van der Waals surface area (Å²) in [7, 11) is 1.64. The highest BCUT2D eigenvalue weighted by atomic mass is 16.1. The van der Waals surface area contributed by atoms with Gasteiger partial charge in [0.05, 0.1) is 0 Å². The molecule has 0 amide bonds. The van der Waals surface area contributed by atoms with Gasteiger partial charge in [-0.1, -0.05) is 6.92 Å². The third-order valence-corrected chi connectivity index (χ3v) is 1.30. The van der Waals surface area contributed by atoms with Gasteiger partial charge in [-0.25, -0.2) is 9.48 Å². The Kier molecular flexibility index (Phi) is 1.89. The van der Waals surface area contributed by atoms with Crippen molar-refractivity contribution in [1.82, 2.24) is 14.8 Å². The maximum absolute atomic E-state index is 10.8. The van der Waals surface area contributed by atoms with E-state index >= 15 is 0 Å². The van der Waals surface area contributed by atoms with Crippen LogP contribution in [-0.4, -0.2) is 14.8 Å². The van der Waals surface area contributed by atoms with Gasteiger partial charge in [-0.3, -0.25) is 4.98 Å². The van der Waals surface area contributed by atoms with E-state index in [4.69, 9.17) is 0 Å². The standard InChI is InChI=1S/C6H11N3O/c1-3-4-5-7-6(10)9(2)8-5/h3-4H2,1-2H3,(H,7,8,10). The molecule has 0 spiro atoms. The van der Waals surface area contributed by atoms with E-state index in [0.717, 1.165) is 18.7 Å². The van der Waals surface area contributed by atoms with Crippen molar-refractivity contribution in [3.05, 3.63) is 16.3 Å². The van der Waals surface area contributed by atoms with Crippen molar-refractivity contribution in [2.75, 3.05) is 0 Å². The Morgan fingerprint density at radius 2 is 2.40 bits per heavy atom. The van der Waals surface area contributed by atoms with Gasteiger partial charge in [-0.2, -0.15) is 5.10 Å². The molecule has 0 radical (unpaired) electrons. The van der Waals surface area contributed by atoms with Crippen LogP contribution in [0.15, 0.2) is 4.79 Å². The molecule has 0 atom stereocenters. The van der Waals surface area contributed by atoms with E-state index in [2.05, 4.69) is 10.1 Å². The Balaban J connectivity index is 2.88. The summed E-state index contributed by atoms with van der Waals surface area (Å²) in [5, 5.41) is 3.95. The van der Waals surface area contributed by atoms with Gasteiger partial charge in [0, 0.05) is 13.5 Å². The molecule has 10 heavy (non-hydrogen) atoms. The zero-order valence-corrected chi connectivity index (χ0v) is 6.22. The highest BCUT2D eigenvalue weighted by Crippen LogP contribution is 1.89. The molecule has 0 aromatic carbocycles. The number of nitrogens with one attached hydrogen (secondary N) is 1. The van der Waals surface area contributed by atoms with Gasteiger partial charge in [-0.05, 0) is 6.42 Å². The smallest absolute Gasteiger partial charge is 0.293 e. The van der Waals surface area contributed by atoms with Crippen LogP contribution in [-0.2, 0) is 13.5 Å². The van der Waals surface area contributed by atoms with Gasteiger partial charge in [-0.15, -0.1) is 0 Å². The molecule has 0 aliphatic rings. The first-order chi connectivity index (χ1) is 4.74. The maximum atomic E-state index is 10.8. The van der Waals surface area contributed by atoms with Crippen LogP contribution in [0.4, 0.5) is 0 Å². The van der Waals surface area contributed by atoms with Crippen LogP contribution in [0.25, 0.3) is 0 Å². The maximum Gasteiger partial charge on any atom is 0.342 e. The molecule has 0 unspecified atom stereocenters. The van der Waals surface area contributed by atoms with Gasteiger partial charge >= 0.3 is 5.69 Å². The Morgan fingerprint density at radius 3 is 2.80 bits per heavy atom. The van der Waals surface area contributed by atoms with Gasteiger partial charge in [0.1, 0.15) is 5.82 Å². The molecule has 1 heterocycles. The molecule has 0 saturated heterocycles. The van der Waals surface area contributed by atoms with E-state index in [-0.39, 0.29) is 5.69 Å². The summed E-state index contributed by atoms with van der Waals surface area (Å²) in [5.74, 6) is 0.773. The monoisotopic (exact) mass is 141 g/mol. The lowest BCUT2D eigenvalue weighted by atomic mass is 10.3. The number of hydrogen-bond acceptors (Lipinski definition) is 2. The zero-order valence-electron chi connectivity index (χ0n) is 6.22. The van der Waals surface area contributed by atoms with Crippen molar-refractivity contribution in [2.45, 2.75) is 19.8 Å². The largest absolute Gasteiger partial charge is 0.342 e. The fourth-order valence-corrected chi connectivity index (χ4v) is 0.805. The van der Waals surface area contributed by atoms with Crippen molar-refractivity contribution in [1.29, 1.82) is 0 Å². The van der Waals surface area contributed by atoms with E-state index in [1.54, 1.807) is 7.05 Å². The third-order valence-electron chi connectivity index (χ3n) is 1.30. The SMILES string of the molecule is CCCc1nn(C)c(=O)[nH]1. The van der Waals surface area contributed by atoms with Crippen molar-refractivity contribution in [3.8, 4) is 0 Å². The Bertz CT molecular complexity index is 260. The molecule has 1 aromatic heterocycles. The Hall–Kier alpha value is -1.06. The first-order valence-electron chi connectivity index (χ1n) is 3.36. The molecule has 1 rings (SSSR count). The molecule has 56 valence electrons. The fraction of sp³-hybridized carbons (Fsp3) is 0.667. The molecule has 0 saturated carbocycles. The number of H-pyrrole nitrogens is 1. The minimum Gasteiger partial charge on any atom is -0.293 e. The number of rotatable bonds is 2. The molecule has 0 fully saturated rings. The van der Waals surface area contributed by atoms with Crippen LogP contribution < -0.4 is 5.69 Å². The molecular formula is C6H11N3O. The number of hydrogen-bond donors (Lipinski definition) is 1. The molecule has 4 heteroatoms. The van der Waals surface area contributed by atoms with Crippen molar-refractivity contribution in [3.63, 3.8) is 0 Å². The average Bonchev–Trinajstić information content (AvgIpc) is 2.14. The summed E-state index contributed by atoms with van der Waals surface area (Å²) in [6, 6.07) is 0. The lowest BCUT2D eigenvalue weighted by Crippen LogP contribution is -2.13. The predicted octanol–water partition coefficient (Wildman–Crippen LogP) is 0.0609. The molecule has 1 N–H and O–H groups in total. The summed E-state index contributed by atoms with van der Waals surface area (Å²) < 4.78 is 1.31. The Labute approximate surface area is 58.9 Å². The van der Waals surface area contributed by atoms with Gasteiger partial charge < -0.3 is 0 Å². The first-order valence-corrected chi connectivity index (χ1v) is 3.36. The van der Waals surface area contributed by atoms with Gasteiger partial charge in [0.15, 0.2) is 0 Å². The summed E-state index contributed by atoms with van der Waals surface area (Å²) in [5.41, 5.74) is -0.136. The minimum atomic E-state index is -0.136. The first kappa shape index (κ1) is 7.05. The van der Waals surface area contributed by atoms with Gasteiger partial charge in [0.2, 0.25) is 0 Å².